The van der Waals surface area contributed by atoms with E-state index < -0.39 is 11.4 Å². The van der Waals surface area contributed by atoms with Gasteiger partial charge in [-0.15, -0.1) is 0 Å². The number of hydrogen-bond donors (Lipinski definition) is 3. The van der Waals surface area contributed by atoms with Gasteiger partial charge in [0.2, 0.25) is 5.91 Å². The largest absolute Gasteiger partial charge is 0.481 e. The highest BCUT2D eigenvalue weighted by Crippen LogP contribution is 2.27. The third kappa shape index (κ3) is 4.31. The Labute approximate surface area is 128 Å². The summed E-state index contributed by atoms with van der Waals surface area (Å²) in [6.07, 6.45) is -0.0877. The van der Waals surface area contributed by atoms with Crippen LogP contribution in [0.2, 0.25) is 0 Å². The second-order valence-electron chi connectivity index (χ2n) is 5.97. The minimum atomic E-state index is -0.957. The molecule has 2 amide bonds. The van der Waals surface area contributed by atoms with Gasteiger partial charge in [-0.2, -0.15) is 5.10 Å². The van der Waals surface area contributed by atoms with Gasteiger partial charge >= 0.3 is 5.97 Å². The molecule has 122 valence electrons. The van der Waals surface area contributed by atoms with E-state index >= 15 is 0 Å². The van der Waals surface area contributed by atoms with Crippen LogP contribution < -0.4 is 10.6 Å². The Morgan fingerprint density at radius 3 is 2.36 bits per heavy atom. The lowest BCUT2D eigenvalue weighted by molar-refractivity contribution is -0.139. The van der Waals surface area contributed by atoms with Gasteiger partial charge in [-0.25, -0.2) is 0 Å². The Hall–Kier alpha value is -2.38. The molecule has 0 aliphatic carbocycles. The molecule has 0 bridgehead atoms. The van der Waals surface area contributed by atoms with Gasteiger partial charge in [0.1, 0.15) is 5.69 Å². The molecule has 22 heavy (non-hydrogen) atoms. The fourth-order valence-electron chi connectivity index (χ4n) is 2.28. The van der Waals surface area contributed by atoms with E-state index in [1.807, 2.05) is 0 Å². The number of carboxylic acids is 1. The number of amides is 2. The Kier molecular flexibility index (Phi) is 5.29. The monoisotopic (exact) mass is 310 g/mol. The average molecular weight is 310 g/mol. The smallest absolute Gasteiger partial charge is 0.303 e. The van der Waals surface area contributed by atoms with Gasteiger partial charge in [-0.3, -0.25) is 19.1 Å². The maximum absolute atomic E-state index is 12.2. The van der Waals surface area contributed by atoms with Crippen LogP contribution in [-0.4, -0.2) is 39.7 Å². The molecule has 8 heteroatoms. The van der Waals surface area contributed by atoms with Gasteiger partial charge in [0.05, 0.1) is 17.8 Å². The Morgan fingerprint density at radius 1 is 1.27 bits per heavy atom. The molecule has 1 rings (SSSR count). The zero-order valence-electron chi connectivity index (χ0n) is 13.5. The number of hydrogen-bond acceptors (Lipinski definition) is 4. The Morgan fingerprint density at radius 2 is 1.86 bits per heavy atom. The van der Waals surface area contributed by atoms with E-state index in [0.717, 1.165) is 0 Å². The summed E-state index contributed by atoms with van der Waals surface area (Å²) < 4.78 is 1.40. The molecule has 3 N–H and O–H groups in total. The number of rotatable bonds is 6. The molecular weight excluding hydrogens is 288 g/mol. The molecule has 0 aliphatic rings. The van der Waals surface area contributed by atoms with E-state index in [0.29, 0.717) is 11.4 Å². The van der Waals surface area contributed by atoms with Crippen molar-refractivity contribution in [3.05, 3.63) is 11.4 Å². The van der Waals surface area contributed by atoms with E-state index in [1.165, 1.54) is 11.7 Å². The predicted molar refractivity (Wildman–Crippen MR) is 80.6 cm³/mol. The van der Waals surface area contributed by atoms with Crippen LogP contribution in [-0.2, 0) is 16.6 Å². The van der Waals surface area contributed by atoms with E-state index in [9.17, 15) is 14.4 Å². The Balaban J connectivity index is 2.94. The number of aliphatic carboxylic acids is 1. The highest BCUT2D eigenvalue weighted by molar-refractivity contribution is 6.03. The SMILES string of the molecule is CNC(=O)c1c(NC(=O)CC(C)(C)CC(=O)O)c(C)nn1C. The number of anilines is 1. The van der Waals surface area contributed by atoms with Crippen molar-refractivity contribution in [2.24, 2.45) is 12.5 Å². The van der Waals surface area contributed by atoms with E-state index in [2.05, 4.69) is 15.7 Å². The van der Waals surface area contributed by atoms with Crippen LogP contribution in [0.25, 0.3) is 0 Å². The number of carbonyl (C=O) groups excluding carboxylic acids is 2. The minimum Gasteiger partial charge on any atom is -0.481 e. The summed E-state index contributed by atoms with van der Waals surface area (Å²) in [6.45, 7) is 5.09. The standard InChI is InChI=1S/C14H22N4O4/c1-8-11(12(13(22)15-4)18(5)17-8)16-9(19)6-14(2,3)7-10(20)21/h6-7H2,1-5H3,(H,15,22)(H,16,19)(H,20,21). The van der Waals surface area contributed by atoms with Crippen molar-refractivity contribution in [2.45, 2.75) is 33.6 Å². The second-order valence-corrected chi connectivity index (χ2v) is 5.97. The molecule has 0 aliphatic heterocycles. The molecule has 0 saturated heterocycles. The number of aryl methyl sites for hydroxylation is 2. The summed E-state index contributed by atoms with van der Waals surface area (Å²) in [4.78, 5) is 34.8. The summed E-state index contributed by atoms with van der Waals surface area (Å²) in [5.41, 5.74) is 0.437. The normalized spacial score (nSPS) is 11.1. The van der Waals surface area contributed by atoms with Crippen molar-refractivity contribution in [1.82, 2.24) is 15.1 Å². The van der Waals surface area contributed by atoms with Gasteiger partial charge in [-0.05, 0) is 12.3 Å². The lowest BCUT2D eigenvalue weighted by Crippen LogP contribution is -2.27. The minimum absolute atomic E-state index is 0.0286. The first-order chi connectivity index (χ1) is 10.1. The molecule has 1 aromatic rings. The van der Waals surface area contributed by atoms with E-state index in [4.69, 9.17) is 5.11 Å². The molecule has 0 radical (unpaired) electrons. The second kappa shape index (κ2) is 6.59. The fourth-order valence-corrected chi connectivity index (χ4v) is 2.28. The first-order valence-corrected chi connectivity index (χ1v) is 6.84. The molecular formula is C14H22N4O4. The quantitative estimate of drug-likeness (QED) is 0.723. The van der Waals surface area contributed by atoms with Crippen molar-refractivity contribution >= 4 is 23.5 Å². The fraction of sp³-hybridized carbons (Fsp3) is 0.571. The predicted octanol–water partition coefficient (Wildman–Crippen LogP) is 0.918. The molecule has 0 fully saturated rings. The van der Waals surface area contributed by atoms with Crippen LogP contribution in [0.5, 0.6) is 0 Å². The summed E-state index contributed by atoms with van der Waals surface area (Å²) in [5, 5.41) is 18.1. The van der Waals surface area contributed by atoms with Crippen molar-refractivity contribution in [2.75, 3.05) is 12.4 Å². The summed E-state index contributed by atoms with van der Waals surface area (Å²) in [7, 11) is 3.10. The highest BCUT2D eigenvalue weighted by Gasteiger charge is 2.27. The molecule has 1 aromatic heterocycles. The maximum atomic E-state index is 12.2. The van der Waals surface area contributed by atoms with Gasteiger partial charge in [-0.1, -0.05) is 13.8 Å². The van der Waals surface area contributed by atoms with Crippen molar-refractivity contribution in [3.63, 3.8) is 0 Å². The first-order valence-electron chi connectivity index (χ1n) is 6.84. The highest BCUT2D eigenvalue weighted by atomic mass is 16.4. The van der Waals surface area contributed by atoms with Crippen LogP contribution in [0, 0.1) is 12.3 Å². The van der Waals surface area contributed by atoms with Crippen LogP contribution in [0.4, 0.5) is 5.69 Å². The Bertz CT molecular complexity index is 604. The van der Waals surface area contributed by atoms with Gasteiger partial charge in [0.25, 0.3) is 5.91 Å². The van der Waals surface area contributed by atoms with Gasteiger partial charge < -0.3 is 15.7 Å². The van der Waals surface area contributed by atoms with E-state index in [1.54, 1.807) is 27.8 Å². The lowest BCUT2D eigenvalue weighted by Gasteiger charge is -2.21. The summed E-state index contributed by atoms with van der Waals surface area (Å²) in [6, 6.07) is 0. The zero-order chi connectivity index (χ0) is 17.1. The number of nitrogens with one attached hydrogen (secondary N) is 2. The van der Waals surface area contributed by atoms with E-state index in [-0.39, 0.29) is 30.3 Å². The maximum Gasteiger partial charge on any atom is 0.303 e. The summed E-state index contributed by atoms with van der Waals surface area (Å²) in [5.74, 6) is -1.67. The third-order valence-electron chi connectivity index (χ3n) is 3.20. The average Bonchev–Trinajstić information content (AvgIpc) is 2.60. The molecule has 0 saturated carbocycles. The van der Waals surface area contributed by atoms with Crippen molar-refractivity contribution in [1.29, 1.82) is 0 Å². The van der Waals surface area contributed by atoms with Crippen molar-refractivity contribution in [3.8, 4) is 0 Å². The van der Waals surface area contributed by atoms with Crippen LogP contribution in [0.15, 0.2) is 0 Å². The lowest BCUT2D eigenvalue weighted by atomic mass is 9.85. The van der Waals surface area contributed by atoms with Crippen LogP contribution >= 0.6 is 0 Å². The molecule has 0 unspecified atom stereocenters. The number of carbonyl (C=O) groups is 3. The molecule has 1 heterocycles. The molecule has 0 atom stereocenters. The molecule has 0 aromatic carbocycles. The summed E-state index contributed by atoms with van der Waals surface area (Å²) >= 11 is 0. The number of nitrogens with zero attached hydrogens (tertiary/aromatic N) is 2. The molecule has 8 nitrogen and oxygen atoms in total. The van der Waals surface area contributed by atoms with Gasteiger partial charge in [0, 0.05) is 20.5 Å². The number of aromatic nitrogens is 2. The van der Waals surface area contributed by atoms with Gasteiger partial charge in [0.15, 0.2) is 0 Å². The topological polar surface area (TPSA) is 113 Å². The van der Waals surface area contributed by atoms with Crippen LogP contribution in [0.1, 0.15) is 42.9 Å². The zero-order valence-corrected chi connectivity index (χ0v) is 13.5. The van der Waals surface area contributed by atoms with Crippen molar-refractivity contribution < 1.29 is 19.5 Å². The number of carboxylic acid groups (broad SMARTS) is 1. The first kappa shape index (κ1) is 17.7. The molecule has 0 spiro atoms. The third-order valence-corrected chi connectivity index (χ3v) is 3.20. The van der Waals surface area contributed by atoms with Crippen LogP contribution in [0.3, 0.4) is 0 Å².